The molecule has 0 aliphatic rings. The van der Waals surface area contributed by atoms with Crippen LogP contribution in [-0.2, 0) is 11.4 Å². The summed E-state index contributed by atoms with van der Waals surface area (Å²) in [6.45, 7) is 8.53. The van der Waals surface area contributed by atoms with Crippen LogP contribution in [0.15, 0.2) is 42.5 Å². The van der Waals surface area contributed by atoms with Gasteiger partial charge in [-0.3, -0.25) is 4.79 Å². The van der Waals surface area contributed by atoms with Crippen LogP contribution in [0.4, 0.5) is 0 Å². The Morgan fingerprint density at radius 2 is 1.65 bits per heavy atom. The molecule has 0 aliphatic carbocycles. The van der Waals surface area contributed by atoms with E-state index in [4.69, 9.17) is 14.6 Å². The molecule has 2 aromatic carbocycles. The second kappa shape index (κ2) is 8.75. The minimum Gasteiger partial charge on any atom is -0.494 e. The molecule has 0 aliphatic heterocycles. The third-order valence-electron chi connectivity index (χ3n) is 4.45. The van der Waals surface area contributed by atoms with Crippen LogP contribution in [0, 0.1) is 19.3 Å². The molecule has 1 N–H and O–H groups in total. The Labute approximate surface area is 155 Å². The number of hydrogen-bond donors (Lipinski definition) is 1. The molecule has 0 radical (unpaired) electrons. The van der Waals surface area contributed by atoms with Gasteiger partial charge in [-0.15, -0.1) is 0 Å². The lowest BCUT2D eigenvalue weighted by atomic mass is 9.88. The number of benzene rings is 2. The average Bonchev–Trinajstić information content (AvgIpc) is 2.59. The van der Waals surface area contributed by atoms with Gasteiger partial charge in [-0.05, 0) is 69.4 Å². The molecule has 4 heteroatoms. The minimum absolute atomic E-state index is 0.500. The number of carboxylic acids is 1. The molecule has 0 fully saturated rings. The summed E-state index contributed by atoms with van der Waals surface area (Å²) in [5.41, 5.74) is 2.47. The Hall–Kier alpha value is -2.49. The molecule has 0 atom stereocenters. The van der Waals surface area contributed by atoms with Gasteiger partial charge >= 0.3 is 5.97 Å². The Balaban J connectivity index is 1.91. The summed E-state index contributed by atoms with van der Waals surface area (Å²) >= 11 is 0. The fourth-order valence-corrected chi connectivity index (χ4v) is 2.76. The third kappa shape index (κ3) is 5.51. The second-order valence-corrected chi connectivity index (χ2v) is 7.30. The number of carboxylic acid groups (broad SMARTS) is 1. The van der Waals surface area contributed by atoms with E-state index in [9.17, 15) is 4.79 Å². The SMILES string of the molecule is Cc1cc(OCCCC(C)(C)C(=O)O)cc(C)c1OCc1ccccc1. The van der Waals surface area contributed by atoms with Gasteiger partial charge in [0.2, 0.25) is 0 Å². The number of hydrogen-bond acceptors (Lipinski definition) is 3. The highest BCUT2D eigenvalue weighted by molar-refractivity contribution is 5.73. The van der Waals surface area contributed by atoms with Crippen LogP contribution in [0.25, 0.3) is 0 Å². The third-order valence-corrected chi connectivity index (χ3v) is 4.45. The predicted octanol–water partition coefficient (Wildman–Crippen LogP) is 5.15. The van der Waals surface area contributed by atoms with Gasteiger partial charge in [0.15, 0.2) is 0 Å². The van der Waals surface area contributed by atoms with Gasteiger partial charge in [-0.25, -0.2) is 0 Å². The summed E-state index contributed by atoms with van der Waals surface area (Å²) in [7, 11) is 0. The number of ether oxygens (including phenoxy) is 2. The highest BCUT2D eigenvalue weighted by Gasteiger charge is 2.26. The first kappa shape index (κ1) is 19.8. The summed E-state index contributed by atoms with van der Waals surface area (Å²) < 4.78 is 11.8. The molecule has 0 saturated carbocycles. The van der Waals surface area contributed by atoms with Crippen molar-refractivity contribution in [3.05, 3.63) is 59.2 Å². The van der Waals surface area contributed by atoms with Gasteiger partial charge in [0, 0.05) is 0 Å². The molecule has 0 spiro atoms. The van der Waals surface area contributed by atoms with Crippen LogP contribution in [-0.4, -0.2) is 17.7 Å². The van der Waals surface area contributed by atoms with E-state index in [1.165, 1.54) is 0 Å². The fraction of sp³-hybridized carbons (Fsp3) is 0.409. The molecule has 2 aromatic rings. The molecule has 0 heterocycles. The zero-order chi connectivity index (χ0) is 19.2. The first-order valence-corrected chi connectivity index (χ1v) is 8.94. The van der Waals surface area contributed by atoms with Crippen LogP contribution >= 0.6 is 0 Å². The molecule has 0 aromatic heterocycles. The van der Waals surface area contributed by atoms with E-state index >= 15 is 0 Å². The highest BCUT2D eigenvalue weighted by atomic mass is 16.5. The predicted molar refractivity (Wildman–Crippen MR) is 103 cm³/mol. The zero-order valence-electron chi connectivity index (χ0n) is 16.0. The summed E-state index contributed by atoms with van der Waals surface area (Å²) in [6, 6.07) is 14.0. The maximum atomic E-state index is 11.1. The zero-order valence-corrected chi connectivity index (χ0v) is 16.0. The molecule has 0 bridgehead atoms. The summed E-state index contributed by atoms with van der Waals surface area (Å²) in [5.74, 6) is 0.900. The largest absolute Gasteiger partial charge is 0.494 e. The van der Waals surface area contributed by atoms with Crippen LogP contribution < -0.4 is 9.47 Å². The number of rotatable bonds is 9. The summed E-state index contributed by atoms with van der Waals surface area (Å²) in [6.07, 6.45) is 1.28. The van der Waals surface area contributed by atoms with Crippen molar-refractivity contribution < 1.29 is 19.4 Å². The van der Waals surface area contributed by atoms with Gasteiger partial charge in [0.25, 0.3) is 0 Å². The van der Waals surface area contributed by atoms with Crippen molar-refractivity contribution >= 4 is 5.97 Å². The van der Waals surface area contributed by atoms with E-state index in [2.05, 4.69) is 0 Å². The first-order chi connectivity index (χ1) is 12.3. The van der Waals surface area contributed by atoms with Gasteiger partial charge in [-0.2, -0.15) is 0 Å². The van der Waals surface area contributed by atoms with Gasteiger partial charge in [0.1, 0.15) is 18.1 Å². The Kier molecular flexibility index (Phi) is 6.67. The quantitative estimate of drug-likeness (QED) is 0.631. The standard InChI is InChI=1S/C22H28O4/c1-16-13-19(25-12-8-11-22(3,4)21(23)24)14-17(2)20(16)26-15-18-9-6-5-7-10-18/h5-7,9-10,13-14H,8,11-12,15H2,1-4H3,(H,23,24). The van der Waals surface area contributed by atoms with E-state index in [-0.39, 0.29) is 0 Å². The van der Waals surface area contributed by atoms with E-state index in [0.717, 1.165) is 28.2 Å². The van der Waals surface area contributed by atoms with Crippen LogP contribution in [0.2, 0.25) is 0 Å². The molecule has 140 valence electrons. The normalized spacial score (nSPS) is 11.2. The van der Waals surface area contributed by atoms with Gasteiger partial charge in [0.05, 0.1) is 12.0 Å². The van der Waals surface area contributed by atoms with E-state index in [1.54, 1.807) is 13.8 Å². The Morgan fingerprint density at radius 3 is 2.23 bits per heavy atom. The monoisotopic (exact) mass is 356 g/mol. The average molecular weight is 356 g/mol. The molecule has 0 saturated heterocycles. The molecule has 2 rings (SSSR count). The van der Waals surface area contributed by atoms with Crippen molar-refractivity contribution in [2.24, 2.45) is 5.41 Å². The molecule has 0 unspecified atom stereocenters. The van der Waals surface area contributed by atoms with E-state index in [0.29, 0.717) is 26.1 Å². The highest BCUT2D eigenvalue weighted by Crippen LogP contribution is 2.29. The van der Waals surface area contributed by atoms with Crippen LogP contribution in [0.3, 0.4) is 0 Å². The lowest BCUT2D eigenvalue weighted by Gasteiger charge is -2.19. The number of aryl methyl sites for hydroxylation is 2. The molecule has 26 heavy (non-hydrogen) atoms. The number of aliphatic carboxylic acids is 1. The van der Waals surface area contributed by atoms with Crippen molar-refractivity contribution in [3.63, 3.8) is 0 Å². The van der Waals surface area contributed by atoms with Crippen molar-refractivity contribution in [2.75, 3.05) is 6.61 Å². The topological polar surface area (TPSA) is 55.8 Å². The smallest absolute Gasteiger partial charge is 0.309 e. The lowest BCUT2D eigenvalue weighted by Crippen LogP contribution is -2.24. The van der Waals surface area contributed by atoms with Gasteiger partial charge in [-0.1, -0.05) is 30.3 Å². The van der Waals surface area contributed by atoms with Crippen molar-refractivity contribution in [1.29, 1.82) is 0 Å². The summed E-state index contributed by atoms with van der Waals surface area (Å²) in [4.78, 5) is 11.1. The Bertz CT molecular complexity index is 712. The molecular weight excluding hydrogens is 328 g/mol. The molecule has 0 amide bonds. The van der Waals surface area contributed by atoms with E-state index in [1.807, 2.05) is 56.3 Å². The molecule has 4 nitrogen and oxygen atoms in total. The summed E-state index contributed by atoms with van der Waals surface area (Å²) in [5, 5.41) is 9.14. The Morgan fingerprint density at radius 1 is 1.04 bits per heavy atom. The van der Waals surface area contributed by atoms with Crippen molar-refractivity contribution in [1.82, 2.24) is 0 Å². The second-order valence-electron chi connectivity index (χ2n) is 7.30. The minimum atomic E-state index is -0.774. The first-order valence-electron chi connectivity index (χ1n) is 8.94. The van der Waals surface area contributed by atoms with Crippen LogP contribution in [0.5, 0.6) is 11.5 Å². The van der Waals surface area contributed by atoms with Crippen molar-refractivity contribution in [3.8, 4) is 11.5 Å². The molecular formula is C22H28O4. The lowest BCUT2D eigenvalue weighted by molar-refractivity contribution is -0.147. The van der Waals surface area contributed by atoms with Crippen molar-refractivity contribution in [2.45, 2.75) is 47.1 Å². The maximum Gasteiger partial charge on any atom is 0.309 e. The fourth-order valence-electron chi connectivity index (χ4n) is 2.76. The van der Waals surface area contributed by atoms with E-state index < -0.39 is 11.4 Å². The van der Waals surface area contributed by atoms with Crippen LogP contribution in [0.1, 0.15) is 43.4 Å². The van der Waals surface area contributed by atoms with Gasteiger partial charge < -0.3 is 14.6 Å². The maximum absolute atomic E-state index is 11.1. The number of carbonyl (C=O) groups is 1.